The molecule has 0 radical (unpaired) electrons. The molecule has 3 N–H and O–H groups in total. The summed E-state index contributed by atoms with van der Waals surface area (Å²) in [5, 5.41) is 8.76. The summed E-state index contributed by atoms with van der Waals surface area (Å²) < 4.78 is 5.34. The number of rotatable bonds is 7. The second-order valence-corrected chi connectivity index (χ2v) is 10.2. The predicted octanol–water partition coefficient (Wildman–Crippen LogP) is 1.20. The molecular formula is C10H22N2O2Si. The first kappa shape index (κ1) is 14.3. The summed E-state index contributed by atoms with van der Waals surface area (Å²) in [6.07, 6.45) is 2.88. The van der Waals surface area contributed by atoms with E-state index in [9.17, 15) is 0 Å². The molecule has 0 rings (SSSR count). The Kier molecular flexibility index (Phi) is 7.28. The molecule has 0 aliphatic rings. The van der Waals surface area contributed by atoms with Crippen LogP contribution in [0.4, 0.5) is 0 Å². The van der Waals surface area contributed by atoms with Crippen molar-refractivity contribution in [2.24, 2.45) is 10.7 Å². The van der Waals surface area contributed by atoms with Gasteiger partial charge in [0.2, 0.25) is 0 Å². The maximum absolute atomic E-state index is 8.76. The quantitative estimate of drug-likeness (QED) is 0.392. The van der Waals surface area contributed by atoms with E-state index < -0.39 is 8.07 Å². The van der Waals surface area contributed by atoms with Gasteiger partial charge in [0.25, 0.3) is 0 Å². The highest BCUT2D eigenvalue weighted by atomic mass is 28.3. The highest BCUT2D eigenvalue weighted by Gasteiger charge is 2.11. The molecule has 0 heterocycles. The SMILES string of the molecule is C[Si](C)(C)CCOC/N=C/C(=C\N)CO. The minimum atomic E-state index is -1.00. The number of nitrogens with zero attached hydrogens (tertiary/aromatic N) is 1. The molecule has 5 heteroatoms. The zero-order valence-electron chi connectivity index (χ0n) is 9.86. The Labute approximate surface area is 92.9 Å². The van der Waals surface area contributed by atoms with Gasteiger partial charge in [-0.2, -0.15) is 0 Å². The molecular weight excluding hydrogens is 208 g/mol. The number of hydrogen-bond donors (Lipinski definition) is 2. The Bertz CT molecular complexity index is 222. The highest BCUT2D eigenvalue weighted by molar-refractivity contribution is 6.76. The average molecular weight is 230 g/mol. The van der Waals surface area contributed by atoms with Crippen molar-refractivity contribution in [3.05, 3.63) is 11.8 Å². The van der Waals surface area contributed by atoms with Crippen LogP contribution in [-0.4, -0.2) is 39.3 Å². The van der Waals surface area contributed by atoms with Crippen LogP contribution < -0.4 is 5.73 Å². The summed E-state index contributed by atoms with van der Waals surface area (Å²) >= 11 is 0. The molecule has 4 nitrogen and oxygen atoms in total. The molecule has 0 aliphatic carbocycles. The lowest BCUT2D eigenvalue weighted by atomic mass is 10.3. The molecule has 0 unspecified atom stereocenters. The van der Waals surface area contributed by atoms with Crippen LogP contribution in [0.1, 0.15) is 0 Å². The van der Waals surface area contributed by atoms with E-state index in [0.717, 1.165) is 12.7 Å². The van der Waals surface area contributed by atoms with E-state index in [1.165, 1.54) is 12.4 Å². The van der Waals surface area contributed by atoms with Gasteiger partial charge >= 0.3 is 0 Å². The van der Waals surface area contributed by atoms with Gasteiger partial charge in [0, 0.05) is 32.7 Å². The van der Waals surface area contributed by atoms with Crippen molar-refractivity contribution in [3.63, 3.8) is 0 Å². The van der Waals surface area contributed by atoms with Gasteiger partial charge in [-0.05, 0) is 6.04 Å². The van der Waals surface area contributed by atoms with Crippen LogP contribution in [0.2, 0.25) is 25.7 Å². The van der Waals surface area contributed by atoms with Gasteiger partial charge in [0.05, 0.1) is 6.61 Å². The first-order valence-corrected chi connectivity index (χ1v) is 8.79. The first-order chi connectivity index (χ1) is 6.99. The third-order valence-corrected chi connectivity index (χ3v) is 3.52. The largest absolute Gasteiger partial charge is 0.404 e. The standard InChI is InChI=1S/C10H22N2O2Si/c1-15(2,3)5-4-14-9-12-7-10(6-11)8-13/h6-7,13H,4-5,8-9,11H2,1-3H3/b10-6+,12-7+. The summed E-state index contributed by atoms with van der Waals surface area (Å²) in [7, 11) is -1.00. The van der Waals surface area contributed by atoms with Crippen LogP contribution >= 0.6 is 0 Å². The maximum Gasteiger partial charge on any atom is 0.137 e. The lowest BCUT2D eigenvalue weighted by molar-refractivity contribution is 0.156. The van der Waals surface area contributed by atoms with E-state index in [1.54, 1.807) is 0 Å². The Hall–Kier alpha value is -0.653. The van der Waals surface area contributed by atoms with Gasteiger partial charge in [-0.25, -0.2) is 0 Å². The Morgan fingerprint density at radius 2 is 2.13 bits per heavy atom. The van der Waals surface area contributed by atoms with Crippen LogP contribution in [0.25, 0.3) is 0 Å². The van der Waals surface area contributed by atoms with Crippen molar-refractivity contribution in [1.82, 2.24) is 0 Å². The van der Waals surface area contributed by atoms with E-state index in [1.807, 2.05) is 0 Å². The predicted molar refractivity (Wildman–Crippen MR) is 66.8 cm³/mol. The van der Waals surface area contributed by atoms with Crippen molar-refractivity contribution < 1.29 is 9.84 Å². The molecule has 0 aromatic heterocycles. The number of aliphatic hydroxyl groups is 1. The van der Waals surface area contributed by atoms with Gasteiger partial charge < -0.3 is 15.6 Å². The Balaban J connectivity index is 3.55. The Morgan fingerprint density at radius 1 is 1.47 bits per heavy atom. The fraction of sp³-hybridized carbons (Fsp3) is 0.700. The van der Waals surface area contributed by atoms with E-state index in [0.29, 0.717) is 12.3 Å². The molecule has 15 heavy (non-hydrogen) atoms. The van der Waals surface area contributed by atoms with Crippen molar-refractivity contribution >= 4 is 14.3 Å². The zero-order chi connectivity index (χ0) is 11.7. The minimum absolute atomic E-state index is 0.0884. The van der Waals surface area contributed by atoms with E-state index in [-0.39, 0.29) is 6.61 Å². The van der Waals surface area contributed by atoms with E-state index >= 15 is 0 Å². The number of nitrogens with two attached hydrogens (primary N) is 1. The summed E-state index contributed by atoms with van der Waals surface area (Å²) in [5.41, 5.74) is 5.83. The molecule has 0 amide bonds. The molecule has 0 bridgehead atoms. The molecule has 0 spiro atoms. The van der Waals surface area contributed by atoms with Crippen molar-refractivity contribution in [1.29, 1.82) is 0 Å². The van der Waals surface area contributed by atoms with Crippen molar-refractivity contribution in [2.45, 2.75) is 25.7 Å². The lowest BCUT2D eigenvalue weighted by Gasteiger charge is -2.14. The molecule has 0 aliphatic heterocycles. The smallest absolute Gasteiger partial charge is 0.137 e. The van der Waals surface area contributed by atoms with Gasteiger partial charge in [0.1, 0.15) is 6.73 Å². The van der Waals surface area contributed by atoms with Crippen molar-refractivity contribution in [2.75, 3.05) is 19.9 Å². The molecule has 0 saturated carbocycles. The van der Waals surface area contributed by atoms with E-state index in [4.69, 9.17) is 15.6 Å². The normalized spacial score (nSPS) is 13.7. The van der Waals surface area contributed by atoms with E-state index in [2.05, 4.69) is 24.6 Å². The number of ether oxygens (including phenoxy) is 1. The average Bonchev–Trinajstić information content (AvgIpc) is 2.15. The molecule has 0 fully saturated rings. The van der Waals surface area contributed by atoms with Crippen LogP contribution in [-0.2, 0) is 4.74 Å². The highest BCUT2D eigenvalue weighted by Crippen LogP contribution is 2.07. The lowest BCUT2D eigenvalue weighted by Crippen LogP contribution is -2.21. The van der Waals surface area contributed by atoms with Gasteiger partial charge in [-0.1, -0.05) is 19.6 Å². The zero-order valence-corrected chi connectivity index (χ0v) is 10.9. The van der Waals surface area contributed by atoms with Crippen LogP contribution in [0.5, 0.6) is 0 Å². The summed E-state index contributed by atoms with van der Waals surface area (Å²) in [5.74, 6) is 0. The molecule has 0 atom stereocenters. The number of aliphatic imine (C=N–C) groups is 1. The van der Waals surface area contributed by atoms with Crippen molar-refractivity contribution in [3.8, 4) is 0 Å². The first-order valence-electron chi connectivity index (χ1n) is 5.09. The molecule has 0 saturated heterocycles. The second kappa shape index (κ2) is 7.61. The summed E-state index contributed by atoms with van der Waals surface area (Å²) in [6.45, 7) is 7.92. The monoisotopic (exact) mass is 230 g/mol. The summed E-state index contributed by atoms with van der Waals surface area (Å²) in [6, 6.07) is 1.14. The van der Waals surface area contributed by atoms with Crippen LogP contribution in [0.3, 0.4) is 0 Å². The topological polar surface area (TPSA) is 67.8 Å². The third-order valence-electron chi connectivity index (χ3n) is 1.82. The minimum Gasteiger partial charge on any atom is -0.404 e. The third kappa shape index (κ3) is 9.65. The van der Waals surface area contributed by atoms with Gasteiger partial charge in [-0.15, -0.1) is 0 Å². The number of aliphatic hydroxyl groups excluding tert-OH is 1. The fourth-order valence-corrected chi connectivity index (χ4v) is 1.54. The van der Waals surface area contributed by atoms with Gasteiger partial charge in [0.15, 0.2) is 0 Å². The molecule has 88 valence electrons. The number of hydrogen-bond acceptors (Lipinski definition) is 4. The summed E-state index contributed by atoms with van der Waals surface area (Å²) in [4.78, 5) is 3.99. The van der Waals surface area contributed by atoms with Crippen LogP contribution in [0.15, 0.2) is 16.8 Å². The Morgan fingerprint density at radius 3 is 2.60 bits per heavy atom. The van der Waals surface area contributed by atoms with Crippen LogP contribution in [0, 0.1) is 0 Å². The fourth-order valence-electron chi connectivity index (χ4n) is 0.787. The second-order valence-electron chi connectivity index (χ2n) is 4.56. The maximum atomic E-state index is 8.76. The molecule has 0 aromatic carbocycles. The van der Waals surface area contributed by atoms with Gasteiger partial charge in [-0.3, -0.25) is 4.99 Å². The molecule has 0 aromatic rings.